The van der Waals surface area contributed by atoms with Crippen LogP contribution in [-0.2, 0) is 6.54 Å². The number of hydrogen-bond donors (Lipinski definition) is 1. The fourth-order valence-electron chi connectivity index (χ4n) is 2.03. The standard InChI is InChI=1S/C11H15BrN2O/c1-8-5-9(12)6-14(11(8)15)7-10-3-2-4-13-10/h5-6,10,13H,2-4,7H2,1H3. The molecule has 1 aliphatic rings. The highest BCUT2D eigenvalue weighted by atomic mass is 79.9. The summed E-state index contributed by atoms with van der Waals surface area (Å²) in [4.78, 5) is 11.8. The minimum absolute atomic E-state index is 0.118. The Balaban J connectivity index is 2.23. The van der Waals surface area contributed by atoms with Gasteiger partial charge < -0.3 is 9.88 Å². The SMILES string of the molecule is Cc1cc(Br)cn(CC2CCCN2)c1=O. The lowest BCUT2D eigenvalue weighted by molar-refractivity contribution is 0.497. The molecule has 82 valence electrons. The van der Waals surface area contributed by atoms with E-state index in [-0.39, 0.29) is 5.56 Å². The van der Waals surface area contributed by atoms with Gasteiger partial charge in [-0.3, -0.25) is 4.79 Å². The number of hydrogen-bond acceptors (Lipinski definition) is 2. The van der Waals surface area contributed by atoms with Gasteiger partial charge in [-0.25, -0.2) is 0 Å². The van der Waals surface area contributed by atoms with E-state index in [1.807, 2.05) is 19.2 Å². The predicted molar refractivity (Wildman–Crippen MR) is 64.2 cm³/mol. The van der Waals surface area contributed by atoms with E-state index in [1.54, 1.807) is 4.57 Å². The molecule has 15 heavy (non-hydrogen) atoms. The van der Waals surface area contributed by atoms with Crippen molar-refractivity contribution in [2.45, 2.75) is 32.4 Å². The first-order valence-corrected chi connectivity index (χ1v) is 6.06. The predicted octanol–water partition coefficient (Wildman–Crippen LogP) is 1.67. The molecule has 1 atom stereocenters. The monoisotopic (exact) mass is 270 g/mol. The van der Waals surface area contributed by atoms with E-state index in [1.165, 1.54) is 6.42 Å². The molecule has 1 N–H and O–H groups in total. The van der Waals surface area contributed by atoms with Crippen LogP contribution in [0, 0.1) is 6.92 Å². The largest absolute Gasteiger partial charge is 0.313 e. The Labute approximate surface area is 97.6 Å². The summed E-state index contributed by atoms with van der Waals surface area (Å²) in [6.07, 6.45) is 4.25. The van der Waals surface area contributed by atoms with Gasteiger partial charge in [0.2, 0.25) is 0 Å². The van der Waals surface area contributed by atoms with Gasteiger partial charge in [-0.2, -0.15) is 0 Å². The number of pyridine rings is 1. The van der Waals surface area contributed by atoms with E-state index in [9.17, 15) is 4.79 Å². The van der Waals surface area contributed by atoms with Crippen molar-refractivity contribution in [3.05, 3.63) is 32.7 Å². The Hall–Kier alpha value is -0.610. The molecule has 4 heteroatoms. The molecule has 1 aliphatic heterocycles. The summed E-state index contributed by atoms with van der Waals surface area (Å²) in [6, 6.07) is 2.32. The summed E-state index contributed by atoms with van der Waals surface area (Å²) in [5.74, 6) is 0. The number of aryl methyl sites for hydroxylation is 1. The van der Waals surface area contributed by atoms with Crippen LogP contribution in [0.5, 0.6) is 0 Å². The fourth-order valence-corrected chi connectivity index (χ4v) is 2.62. The van der Waals surface area contributed by atoms with Crippen molar-refractivity contribution in [3.63, 3.8) is 0 Å². The molecule has 0 radical (unpaired) electrons. The lowest BCUT2D eigenvalue weighted by atomic mass is 10.2. The van der Waals surface area contributed by atoms with Gasteiger partial charge in [0.25, 0.3) is 5.56 Å². The zero-order valence-corrected chi connectivity index (χ0v) is 10.4. The summed E-state index contributed by atoms with van der Waals surface area (Å²) in [5.41, 5.74) is 0.911. The van der Waals surface area contributed by atoms with E-state index in [0.717, 1.165) is 29.5 Å². The Morgan fingerprint density at radius 2 is 2.47 bits per heavy atom. The molecule has 0 bridgehead atoms. The number of rotatable bonds is 2. The number of aromatic nitrogens is 1. The first-order chi connectivity index (χ1) is 7.16. The normalized spacial score (nSPS) is 20.8. The average Bonchev–Trinajstić information content (AvgIpc) is 2.66. The van der Waals surface area contributed by atoms with Crippen LogP contribution in [-0.4, -0.2) is 17.2 Å². The highest BCUT2D eigenvalue weighted by Gasteiger charge is 2.15. The van der Waals surface area contributed by atoms with Crippen LogP contribution in [0.2, 0.25) is 0 Å². The highest BCUT2D eigenvalue weighted by Crippen LogP contribution is 2.11. The Kier molecular flexibility index (Phi) is 3.26. The third-order valence-corrected chi connectivity index (χ3v) is 3.24. The van der Waals surface area contributed by atoms with Gasteiger partial charge in [0, 0.05) is 28.8 Å². The van der Waals surface area contributed by atoms with E-state index in [2.05, 4.69) is 21.2 Å². The molecular formula is C11H15BrN2O. The maximum atomic E-state index is 11.8. The minimum Gasteiger partial charge on any atom is -0.313 e. The van der Waals surface area contributed by atoms with Crippen LogP contribution in [0.15, 0.2) is 21.5 Å². The van der Waals surface area contributed by atoms with Crippen LogP contribution in [0.3, 0.4) is 0 Å². The van der Waals surface area contributed by atoms with Crippen molar-refractivity contribution in [1.82, 2.24) is 9.88 Å². The first kappa shape index (κ1) is 10.9. The van der Waals surface area contributed by atoms with Gasteiger partial charge in [0.1, 0.15) is 0 Å². The molecule has 0 saturated carbocycles. The molecule has 3 nitrogen and oxygen atoms in total. The molecule has 0 aliphatic carbocycles. The zero-order chi connectivity index (χ0) is 10.8. The van der Waals surface area contributed by atoms with Gasteiger partial charge in [-0.05, 0) is 48.3 Å². The summed E-state index contributed by atoms with van der Waals surface area (Å²) in [5, 5.41) is 3.40. The fraction of sp³-hybridized carbons (Fsp3) is 0.545. The highest BCUT2D eigenvalue weighted by molar-refractivity contribution is 9.10. The summed E-state index contributed by atoms with van der Waals surface area (Å²) >= 11 is 3.42. The summed E-state index contributed by atoms with van der Waals surface area (Å²) in [7, 11) is 0. The third kappa shape index (κ3) is 2.49. The van der Waals surface area contributed by atoms with Crippen molar-refractivity contribution in [2.24, 2.45) is 0 Å². The number of nitrogens with zero attached hydrogens (tertiary/aromatic N) is 1. The van der Waals surface area contributed by atoms with Crippen molar-refractivity contribution < 1.29 is 0 Å². The van der Waals surface area contributed by atoms with E-state index < -0.39 is 0 Å². The van der Waals surface area contributed by atoms with Gasteiger partial charge in [-0.1, -0.05) is 0 Å². The Morgan fingerprint density at radius 1 is 1.67 bits per heavy atom. The Morgan fingerprint density at radius 3 is 3.13 bits per heavy atom. The number of halogens is 1. The molecular weight excluding hydrogens is 256 g/mol. The second-order valence-corrected chi connectivity index (χ2v) is 5.01. The molecule has 2 rings (SSSR count). The molecule has 0 aromatic carbocycles. The summed E-state index contributed by atoms with van der Waals surface area (Å²) < 4.78 is 2.76. The molecule has 1 fully saturated rings. The molecule has 0 spiro atoms. The Bertz CT molecular complexity index is 408. The maximum Gasteiger partial charge on any atom is 0.253 e. The van der Waals surface area contributed by atoms with Crippen molar-refractivity contribution >= 4 is 15.9 Å². The van der Waals surface area contributed by atoms with Crippen LogP contribution >= 0.6 is 15.9 Å². The summed E-state index contributed by atoms with van der Waals surface area (Å²) in [6.45, 7) is 3.71. The van der Waals surface area contributed by atoms with E-state index in [4.69, 9.17) is 0 Å². The molecule has 2 heterocycles. The lowest BCUT2D eigenvalue weighted by Gasteiger charge is -2.13. The van der Waals surface area contributed by atoms with Crippen molar-refractivity contribution in [3.8, 4) is 0 Å². The molecule has 0 amide bonds. The molecule has 1 unspecified atom stereocenters. The van der Waals surface area contributed by atoms with Gasteiger partial charge in [-0.15, -0.1) is 0 Å². The van der Waals surface area contributed by atoms with E-state index in [0.29, 0.717) is 6.04 Å². The van der Waals surface area contributed by atoms with Crippen LogP contribution in [0.1, 0.15) is 18.4 Å². The topological polar surface area (TPSA) is 34.0 Å². The minimum atomic E-state index is 0.118. The second-order valence-electron chi connectivity index (χ2n) is 4.09. The van der Waals surface area contributed by atoms with Crippen molar-refractivity contribution in [2.75, 3.05) is 6.54 Å². The van der Waals surface area contributed by atoms with Gasteiger partial charge in [0.05, 0.1) is 0 Å². The second kappa shape index (κ2) is 4.49. The zero-order valence-electron chi connectivity index (χ0n) is 8.79. The quantitative estimate of drug-likeness (QED) is 0.887. The first-order valence-electron chi connectivity index (χ1n) is 5.27. The molecule has 1 aromatic heterocycles. The van der Waals surface area contributed by atoms with Gasteiger partial charge in [0.15, 0.2) is 0 Å². The smallest absolute Gasteiger partial charge is 0.253 e. The van der Waals surface area contributed by atoms with Crippen LogP contribution in [0.25, 0.3) is 0 Å². The van der Waals surface area contributed by atoms with Crippen LogP contribution < -0.4 is 10.9 Å². The van der Waals surface area contributed by atoms with Gasteiger partial charge >= 0.3 is 0 Å². The lowest BCUT2D eigenvalue weighted by Crippen LogP contribution is -2.32. The molecule has 1 saturated heterocycles. The maximum absolute atomic E-state index is 11.8. The molecule has 1 aromatic rings. The average molecular weight is 271 g/mol. The number of nitrogens with one attached hydrogen (secondary N) is 1. The van der Waals surface area contributed by atoms with Crippen LogP contribution in [0.4, 0.5) is 0 Å². The van der Waals surface area contributed by atoms with Crippen molar-refractivity contribution in [1.29, 1.82) is 0 Å². The third-order valence-electron chi connectivity index (χ3n) is 2.81. The van der Waals surface area contributed by atoms with E-state index >= 15 is 0 Å².